The second-order valence-electron chi connectivity index (χ2n) is 3.89. The van der Waals surface area contributed by atoms with Gasteiger partial charge >= 0.3 is 0 Å². The first-order chi connectivity index (χ1) is 6.09. The van der Waals surface area contributed by atoms with Crippen LogP contribution in [0.2, 0.25) is 0 Å². The molecule has 76 valence electrons. The van der Waals surface area contributed by atoms with E-state index in [0.717, 1.165) is 0 Å². The molecular formula is C10H20NOP. The highest BCUT2D eigenvalue weighted by molar-refractivity contribution is 7.33. The van der Waals surface area contributed by atoms with Gasteiger partial charge in [0, 0.05) is 14.5 Å². The van der Waals surface area contributed by atoms with Crippen LogP contribution >= 0.6 is 8.81 Å². The molecule has 0 fully saturated rings. The van der Waals surface area contributed by atoms with Crippen molar-refractivity contribution in [1.29, 1.82) is 5.26 Å². The molecule has 1 unspecified atom stereocenters. The van der Waals surface area contributed by atoms with Gasteiger partial charge in [-0.05, 0) is 11.8 Å². The van der Waals surface area contributed by atoms with Gasteiger partial charge in [-0.2, -0.15) is 5.26 Å². The van der Waals surface area contributed by atoms with Gasteiger partial charge in [0.25, 0.3) is 0 Å². The third-order valence-corrected chi connectivity index (χ3v) is 3.95. The van der Waals surface area contributed by atoms with Crippen molar-refractivity contribution in [2.24, 2.45) is 11.8 Å². The van der Waals surface area contributed by atoms with Crippen molar-refractivity contribution in [3.8, 4) is 6.07 Å². The van der Waals surface area contributed by atoms with Gasteiger partial charge in [-0.15, -0.1) is 0 Å². The second kappa shape index (κ2) is 7.30. The molecule has 0 radical (unpaired) electrons. The third-order valence-electron chi connectivity index (χ3n) is 1.97. The first-order valence-electron chi connectivity index (χ1n) is 4.83. The lowest BCUT2D eigenvalue weighted by molar-refractivity contribution is 0.350. The molecule has 1 atom stereocenters. The molecule has 0 aromatic heterocycles. The van der Waals surface area contributed by atoms with E-state index in [1.165, 1.54) is 0 Å². The van der Waals surface area contributed by atoms with Gasteiger partial charge < -0.3 is 4.52 Å². The van der Waals surface area contributed by atoms with Crippen molar-refractivity contribution in [1.82, 2.24) is 0 Å². The minimum absolute atomic E-state index is 0.510. The largest absolute Gasteiger partial charge is 0.361 e. The molecular weight excluding hydrogens is 181 g/mol. The zero-order valence-corrected chi connectivity index (χ0v) is 10.0. The lowest BCUT2D eigenvalue weighted by atomic mass is 10.0. The fourth-order valence-electron chi connectivity index (χ4n) is 1.29. The zero-order chi connectivity index (χ0) is 10.3. The monoisotopic (exact) mass is 201 g/mol. The topological polar surface area (TPSA) is 33.0 Å². The van der Waals surface area contributed by atoms with E-state index in [1.54, 1.807) is 0 Å². The van der Waals surface area contributed by atoms with Gasteiger partial charge in [-0.3, -0.25) is 0 Å². The van der Waals surface area contributed by atoms with Crippen molar-refractivity contribution >= 4 is 8.81 Å². The Morgan fingerprint density at radius 2 is 1.77 bits per heavy atom. The van der Waals surface area contributed by atoms with E-state index in [1.807, 2.05) is 0 Å². The van der Waals surface area contributed by atoms with E-state index >= 15 is 0 Å². The van der Waals surface area contributed by atoms with Crippen LogP contribution < -0.4 is 0 Å². The van der Waals surface area contributed by atoms with E-state index in [4.69, 9.17) is 9.79 Å². The number of hydrogen-bond acceptors (Lipinski definition) is 2. The van der Waals surface area contributed by atoms with E-state index in [-0.39, 0.29) is 0 Å². The average molecular weight is 201 g/mol. The van der Waals surface area contributed by atoms with Crippen LogP contribution in [0.4, 0.5) is 0 Å². The molecule has 0 spiro atoms. The molecule has 2 nitrogen and oxygen atoms in total. The molecule has 0 aliphatic heterocycles. The minimum atomic E-state index is 0.510. The second-order valence-corrected chi connectivity index (χ2v) is 5.08. The summed E-state index contributed by atoms with van der Waals surface area (Å²) in [4.78, 5) is 0. The van der Waals surface area contributed by atoms with Crippen molar-refractivity contribution in [2.75, 3.05) is 6.61 Å². The van der Waals surface area contributed by atoms with E-state index in [9.17, 15) is 0 Å². The van der Waals surface area contributed by atoms with Gasteiger partial charge in [-0.25, -0.2) is 0 Å². The van der Waals surface area contributed by atoms with Gasteiger partial charge in [-0.1, -0.05) is 27.7 Å². The fraction of sp³-hybridized carbons (Fsp3) is 0.900. The summed E-state index contributed by atoms with van der Waals surface area (Å²) in [5.74, 6) is 1.33. The molecule has 3 heteroatoms. The molecule has 0 aliphatic rings. The first-order valence-corrected chi connectivity index (χ1v) is 5.82. The summed E-state index contributed by atoms with van der Waals surface area (Å²) in [7, 11) is 0.543. The number of hydrogen-bond donors (Lipinski definition) is 0. The summed E-state index contributed by atoms with van der Waals surface area (Å²) in [6.07, 6.45) is 0.510. The molecule has 0 bridgehead atoms. The Balaban J connectivity index is 3.65. The quantitative estimate of drug-likeness (QED) is 0.488. The maximum atomic E-state index is 8.32. The highest BCUT2D eigenvalue weighted by Gasteiger charge is 2.17. The average Bonchev–Trinajstić information content (AvgIpc) is 2.02. The van der Waals surface area contributed by atoms with Gasteiger partial charge in [0.05, 0.1) is 19.1 Å². The highest BCUT2D eigenvalue weighted by Crippen LogP contribution is 2.32. The smallest absolute Gasteiger partial charge is 0.0646 e. The Morgan fingerprint density at radius 1 is 1.23 bits per heavy atom. The van der Waals surface area contributed by atoms with E-state index in [2.05, 4.69) is 33.8 Å². The number of rotatable bonds is 6. The van der Waals surface area contributed by atoms with Gasteiger partial charge in [0.15, 0.2) is 0 Å². The molecule has 0 aromatic carbocycles. The van der Waals surface area contributed by atoms with E-state index < -0.39 is 0 Å². The molecule has 0 aliphatic carbocycles. The lowest BCUT2D eigenvalue weighted by Gasteiger charge is -2.23. The Kier molecular flexibility index (Phi) is 7.23. The van der Waals surface area contributed by atoms with Crippen LogP contribution in [0.5, 0.6) is 0 Å². The zero-order valence-electron chi connectivity index (χ0n) is 9.00. The summed E-state index contributed by atoms with van der Waals surface area (Å²) in [6.45, 7) is 9.50. The van der Waals surface area contributed by atoms with E-state index in [0.29, 0.717) is 39.3 Å². The molecule has 0 rings (SSSR count). The maximum absolute atomic E-state index is 8.32. The minimum Gasteiger partial charge on any atom is -0.361 e. The number of nitriles is 1. The third kappa shape index (κ3) is 6.02. The van der Waals surface area contributed by atoms with Gasteiger partial charge in [0.2, 0.25) is 0 Å². The van der Waals surface area contributed by atoms with Crippen LogP contribution in [-0.4, -0.2) is 12.3 Å². The predicted molar refractivity (Wildman–Crippen MR) is 58.0 cm³/mol. The highest BCUT2D eigenvalue weighted by atomic mass is 31.1. The normalized spacial score (nSPS) is 12.2. The molecule has 0 heterocycles. The molecule has 13 heavy (non-hydrogen) atoms. The SMILES string of the molecule is CC(C)C(POCCC#N)C(C)C. The maximum Gasteiger partial charge on any atom is 0.0646 e. The summed E-state index contributed by atoms with van der Waals surface area (Å²) in [6, 6.07) is 2.08. The first kappa shape index (κ1) is 12.9. The summed E-state index contributed by atoms with van der Waals surface area (Å²) in [5.41, 5.74) is 0.638. The van der Waals surface area contributed by atoms with Crippen molar-refractivity contribution in [2.45, 2.75) is 39.8 Å². The summed E-state index contributed by atoms with van der Waals surface area (Å²) in [5, 5.41) is 8.32. The predicted octanol–water partition coefficient (Wildman–Crippen LogP) is 3.19. The van der Waals surface area contributed by atoms with Crippen LogP contribution in [0.1, 0.15) is 34.1 Å². The van der Waals surface area contributed by atoms with Crippen LogP contribution in [0, 0.1) is 23.2 Å². The van der Waals surface area contributed by atoms with Crippen LogP contribution in [0.15, 0.2) is 0 Å². The standard InChI is InChI=1S/C10H20NOP/c1-8(2)10(9(3)4)13-12-7-5-6-11/h8-10,13H,5,7H2,1-4H3. The Labute approximate surface area is 83.5 Å². The van der Waals surface area contributed by atoms with Crippen LogP contribution in [0.3, 0.4) is 0 Å². The Bertz CT molecular complexity index is 155. The lowest BCUT2D eigenvalue weighted by Crippen LogP contribution is -2.17. The summed E-state index contributed by atoms with van der Waals surface area (Å²) < 4.78 is 5.46. The molecule has 0 N–H and O–H groups in total. The van der Waals surface area contributed by atoms with Crippen LogP contribution in [0.25, 0.3) is 0 Å². The Morgan fingerprint density at radius 3 is 2.15 bits per heavy atom. The number of nitrogens with zero attached hydrogens (tertiary/aromatic N) is 1. The van der Waals surface area contributed by atoms with Gasteiger partial charge in [0.1, 0.15) is 0 Å². The van der Waals surface area contributed by atoms with Crippen molar-refractivity contribution in [3.05, 3.63) is 0 Å². The molecule has 0 saturated carbocycles. The van der Waals surface area contributed by atoms with Crippen molar-refractivity contribution < 1.29 is 4.52 Å². The molecule has 0 aromatic rings. The fourth-order valence-corrected chi connectivity index (χ4v) is 2.25. The summed E-state index contributed by atoms with van der Waals surface area (Å²) >= 11 is 0. The molecule has 0 saturated heterocycles. The Hall–Kier alpha value is -0.120. The van der Waals surface area contributed by atoms with Crippen molar-refractivity contribution in [3.63, 3.8) is 0 Å². The van der Waals surface area contributed by atoms with Crippen LogP contribution in [-0.2, 0) is 4.52 Å². The molecule has 0 amide bonds.